The second-order valence-corrected chi connectivity index (χ2v) is 5.01. The smallest absolute Gasteiger partial charge is 0.133 e. The fraction of sp³-hybridized carbons (Fsp3) is 0.714. The van der Waals surface area contributed by atoms with Crippen LogP contribution in [0.15, 0.2) is 0 Å². The summed E-state index contributed by atoms with van der Waals surface area (Å²) in [6.45, 7) is 6.17. The lowest BCUT2D eigenvalue weighted by Gasteiger charge is -2.10. The Bertz CT molecular complexity index is 417. The monoisotopic (exact) mass is 267 g/mol. The number of hydrogen-bond acceptors (Lipinski definition) is 2. The zero-order valence-corrected chi connectivity index (χ0v) is 12.3. The number of aryl methyl sites for hydroxylation is 2. The molecule has 0 saturated heterocycles. The number of rotatable bonds is 7. The minimum atomic E-state index is -0.243. The summed E-state index contributed by atoms with van der Waals surface area (Å²) in [6, 6.07) is 2.00. The Kier molecular flexibility index (Phi) is 6.21. The third-order valence-corrected chi connectivity index (χ3v) is 3.49. The molecule has 100 valence electrons. The molecular formula is C14H22ClN3. The fourth-order valence-corrected chi connectivity index (χ4v) is 2.35. The molecule has 1 aromatic rings. The lowest BCUT2D eigenvalue weighted by atomic mass is 10.2. The first kappa shape index (κ1) is 15.0. The van der Waals surface area contributed by atoms with E-state index in [-0.39, 0.29) is 6.04 Å². The molecule has 0 aliphatic rings. The van der Waals surface area contributed by atoms with E-state index in [9.17, 15) is 0 Å². The maximum Gasteiger partial charge on any atom is 0.133 e. The van der Waals surface area contributed by atoms with Gasteiger partial charge in [0.05, 0.1) is 11.8 Å². The first-order chi connectivity index (χ1) is 8.65. The number of halogens is 1. The van der Waals surface area contributed by atoms with E-state index in [1.807, 2.05) is 11.5 Å². The summed E-state index contributed by atoms with van der Waals surface area (Å²) < 4.78 is 1.89. The minimum absolute atomic E-state index is 0.243. The van der Waals surface area contributed by atoms with Gasteiger partial charge in [-0.05, 0) is 26.2 Å². The van der Waals surface area contributed by atoms with Crippen molar-refractivity contribution in [1.82, 2.24) is 9.55 Å². The first-order valence-electron chi connectivity index (χ1n) is 6.80. The molecule has 1 aromatic heterocycles. The summed E-state index contributed by atoms with van der Waals surface area (Å²) in [5.74, 6) is 0.960. The summed E-state index contributed by atoms with van der Waals surface area (Å²) in [7, 11) is 0. The summed E-state index contributed by atoms with van der Waals surface area (Å²) in [4.78, 5) is 4.63. The number of nitriles is 1. The molecule has 0 aliphatic carbocycles. The molecular weight excluding hydrogens is 246 g/mol. The topological polar surface area (TPSA) is 41.6 Å². The average Bonchev–Trinajstić information content (AvgIpc) is 2.69. The maximum atomic E-state index is 9.09. The molecule has 18 heavy (non-hydrogen) atoms. The van der Waals surface area contributed by atoms with Crippen LogP contribution in [0, 0.1) is 11.3 Å². The molecule has 0 fully saturated rings. The Morgan fingerprint density at radius 3 is 2.44 bits per heavy atom. The highest BCUT2D eigenvalue weighted by Crippen LogP contribution is 2.25. The molecule has 0 amide bonds. The van der Waals surface area contributed by atoms with E-state index in [0.29, 0.717) is 5.15 Å². The van der Waals surface area contributed by atoms with Crippen LogP contribution in [0.25, 0.3) is 0 Å². The summed E-state index contributed by atoms with van der Waals surface area (Å²) in [5.41, 5.74) is 0.951. The van der Waals surface area contributed by atoms with Crippen LogP contribution in [0.2, 0.25) is 5.15 Å². The Hall–Kier alpha value is -1.01. The van der Waals surface area contributed by atoms with Crippen molar-refractivity contribution in [2.24, 2.45) is 0 Å². The van der Waals surface area contributed by atoms with Gasteiger partial charge < -0.3 is 4.57 Å². The van der Waals surface area contributed by atoms with E-state index < -0.39 is 0 Å². The van der Waals surface area contributed by atoms with E-state index in [4.69, 9.17) is 16.9 Å². The SMILES string of the molecule is CCCCc1nc(CCCC)n(C(C)C#N)c1Cl. The van der Waals surface area contributed by atoms with E-state index in [0.717, 1.165) is 50.0 Å². The Balaban J connectivity index is 3.02. The highest BCUT2D eigenvalue weighted by Gasteiger charge is 2.18. The quantitative estimate of drug-likeness (QED) is 0.739. The first-order valence-corrected chi connectivity index (χ1v) is 7.18. The number of unbranched alkanes of at least 4 members (excludes halogenated alkanes) is 2. The van der Waals surface area contributed by atoms with Gasteiger partial charge in [-0.15, -0.1) is 0 Å². The molecule has 0 radical (unpaired) electrons. The van der Waals surface area contributed by atoms with Gasteiger partial charge in [0.25, 0.3) is 0 Å². The normalized spacial score (nSPS) is 12.4. The summed E-state index contributed by atoms with van der Waals surface area (Å²) in [5, 5.41) is 9.75. The fourth-order valence-electron chi connectivity index (χ4n) is 1.97. The van der Waals surface area contributed by atoms with Crippen molar-refractivity contribution in [2.75, 3.05) is 0 Å². The van der Waals surface area contributed by atoms with Crippen molar-refractivity contribution < 1.29 is 0 Å². The van der Waals surface area contributed by atoms with Gasteiger partial charge in [-0.3, -0.25) is 0 Å². The molecule has 0 bridgehead atoms. The molecule has 1 heterocycles. The van der Waals surface area contributed by atoms with Crippen LogP contribution in [0.5, 0.6) is 0 Å². The molecule has 0 saturated carbocycles. The molecule has 1 atom stereocenters. The molecule has 0 N–H and O–H groups in total. The van der Waals surface area contributed by atoms with Gasteiger partial charge in [0.15, 0.2) is 0 Å². The predicted molar refractivity (Wildman–Crippen MR) is 74.8 cm³/mol. The number of nitrogens with zero attached hydrogens (tertiary/aromatic N) is 3. The van der Waals surface area contributed by atoms with Crippen molar-refractivity contribution in [3.8, 4) is 6.07 Å². The lowest BCUT2D eigenvalue weighted by Crippen LogP contribution is -2.08. The second-order valence-electron chi connectivity index (χ2n) is 4.65. The standard InChI is InChI=1S/C14H22ClN3/c1-4-6-8-12-14(15)18(11(3)10-16)13(17-12)9-7-5-2/h11H,4-9H2,1-3H3. The Morgan fingerprint density at radius 2 is 1.89 bits per heavy atom. The van der Waals surface area contributed by atoms with Crippen molar-refractivity contribution >= 4 is 11.6 Å². The molecule has 1 unspecified atom stereocenters. The van der Waals surface area contributed by atoms with E-state index >= 15 is 0 Å². The van der Waals surface area contributed by atoms with Crippen LogP contribution >= 0.6 is 11.6 Å². The van der Waals surface area contributed by atoms with Crippen molar-refractivity contribution in [2.45, 2.75) is 65.3 Å². The molecule has 0 spiro atoms. The van der Waals surface area contributed by atoms with Gasteiger partial charge in [0, 0.05) is 6.42 Å². The van der Waals surface area contributed by atoms with Crippen molar-refractivity contribution in [3.05, 3.63) is 16.7 Å². The third kappa shape index (κ3) is 3.49. The van der Waals surface area contributed by atoms with Crippen LogP contribution < -0.4 is 0 Å². The Morgan fingerprint density at radius 1 is 1.28 bits per heavy atom. The van der Waals surface area contributed by atoms with Crippen LogP contribution in [0.1, 0.15) is 64.0 Å². The highest BCUT2D eigenvalue weighted by atomic mass is 35.5. The van der Waals surface area contributed by atoms with Gasteiger partial charge in [0.2, 0.25) is 0 Å². The Labute approximate surface area is 115 Å². The second kappa shape index (κ2) is 7.43. The molecule has 4 heteroatoms. The van der Waals surface area contributed by atoms with Crippen LogP contribution in [0.3, 0.4) is 0 Å². The summed E-state index contributed by atoms with van der Waals surface area (Å²) >= 11 is 6.37. The largest absolute Gasteiger partial charge is 0.302 e. The number of aromatic nitrogens is 2. The van der Waals surface area contributed by atoms with Crippen LogP contribution in [-0.4, -0.2) is 9.55 Å². The van der Waals surface area contributed by atoms with Gasteiger partial charge >= 0.3 is 0 Å². The molecule has 0 aliphatic heterocycles. The van der Waals surface area contributed by atoms with Crippen molar-refractivity contribution in [3.63, 3.8) is 0 Å². The average molecular weight is 268 g/mol. The van der Waals surface area contributed by atoms with Gasteiger partial charge in [-0.1, -0.05) is 38.3 Å². The minimum Gasteiger partial charge on any atom is -0.302 e. The van der Waals surface area contributed by atoms with Crippen LogP contribution in [0.4, 0.5) is 0 Å². The van der Waals surface area contributed by atoms with E-state index in [1.165, 1.54) is 0 Å². The zero-order valence-electron chi connectivity index (χ0n) is 11.5. The maximum absolute atomic E-state index is 9.09. The van der Waals surface area contributed by atoms with Crippen LogP contribution in [-0.2, 0) is 12.8 Å². The van der Waals surface area contributed by atoms with E-state index in [1.54, 1.807) is 0 Å². The number of imidazole rings is 1. The van der Waals surface area contributed by atoms with Gasteiger partial charge in [-0.25, -0.2) is 4.98 Å². The highest BCUT2D eigenvalue weighted by molar-refractivity contribution is 6.30. The third-order valence-electron chi connectivity index (χ3n) is 3.09. The van der Waals surface area contributed by atoms with Gasteiger partial charge in [0.1, 0.15) is 17.0 Å². The zero-order chi connectivity index (χ0) is 13.5. The molecule has 0 aromatic carbocycles. The molecule has 1 rings (SSSR count). The van der Waals surface area contributed by atoms with E-state index in [2.05, 4.69) is 24.9 Å². The predicted octanol–water partition coefficient (Wildman–Crippen LogP) is 4.31. The summed E-state index contributed by atoms with van der Waals surface area (Å²) in [6.07, 6.45) is 6.22. The van der Waals surface area contributed by atoms with Crippen molar-refractivity contribution in [1.29, 1.82) is 5.26 Å². The number of hydrogen-bond donors (Lipinski definition) is 0. The molecule has 3 nitrogen and oxygen atoms in total. The van der Waals surface area contributed by atoms with Gasteiger partial charge in [-0.2, -0.15) is 5.26 Å². The lowest BCUT2D eigenvalue weighted by molar-refractivity contribution is 0.612.